The van der Waals surface area contributed by atoms with Crippen molar-refractivity contribution < 1.29 is 9.53 Å². The molecule has 1 atom stereocenters. The van der Waals surface area contributed by atoms with Crippen LogP contribution in [0, 0.1) is 0 Å². The van der Waals surface area contributed by atoms with Crippen LogP contribution in [0.5, 0.6) is 5.75 Å². The summed E-state index contributed by atoms with van der Waals surface area (Å²) in [7, 11) is 0. The van der Waals surface area contributed by atoms with E-state index in [1.54, 1.807) is 19.1 Å². The zero-order chi connectivity index (χ0) is 10.7. The number of halogens is 2. The summed E-state index contributed by atoms with van der Waals surface area (Å²) in [4.78, 5) is 10.7. The van der Waals surface area contributed by atoms with Gasteiger partial charge in [-0.3, -0.25) is 4.79 Å². The quantitative estimate of drug-likeness (QED) is 0.871. The molecular formula is C9H9Cl2NO2. The van der Waals surface area contributed by atoms with Crippen molar-refractivity contribution in [2.24, 2.45) is 5.73 Å². The first kappa shape index (κ1) is 11.1. The predicted molar refractivity (Wildman–Crippen MR) is 55.7 cm³/mol. The van der Waals surface area contributed by atoms with Crippen molar-refractivity contribution in [1.29, 1.82) is 0 Å². The second-order valence-corrected chi connectivity index (χ2v) is 3.58. The fourth-order valence-corrected chi connectivity index (χ4v) is 1.14. The Kier molecular flexibility index (Phi) is 3.61. The fourth-order valence-electron chi connectivity index (χ4n) is 0.816. The van der Waals surface area contributed by atoms with Gasteiger partial charge in [-0.25, -0.2) is 0 Å². The van der Waals surface area contributed by atoms with Gasteiger partial charge in [0, 0.05) is 11.1 Å². The van der Waals surface area contributed by atoms with E-state index >= 15 is 0 Å². The summed E-state index contributed by atoms with van der Waals surface area (Å²) in [6.45, 7) is 1.54. The van der Waals surface area contributed by atoms with E-state index in [9.17, 15) is 4.79 Å². The van der Waals surface area contributed by atoms with E-state index in [-0.39, 0.29) is 0 Å². The summed E-state index contributed by atoms with van der Waals surface area (Å²) in [5.41, 5.74) is 5.03. The first-order valence-corrected chi connectivity index (χ1v) is 4.67. The van der Waals surface area contributed by atoms with Crippen molar-refractivity contribution in [1.82, 2.24) is 0 Å². The number of ether oxygens (including phenoxy) is 1. The molecule has 0 aliphatic heterocycles. The maximum absolute atomic E-state index is 10.7. The second-order valence-electron chi connectivity index (χ2n) is 2.74. The average Bonchev–Trinajstić information content (AvgIpc) is 2.11. The topological polar surface area (TPSA) is 52.3 Å². The van der Waals surface area contributed by atoms with Crippen molar-refractivity contribution in [2.75, 3.05) is 0 Å². The normalized spacial score (nSPS) is 12.2. The summed E-state index contributed by atoms with van der Waals surface area (Å²) >= 11 is 11.5. The maximum atomic E-state index is 10.7. The Bertz CT molecular complexity index is 355. The van der Waals surface area contributed by atoms with Gasteiger partial charge in [-0.1, -0.05) is 23.2 Å². The molecule has 0 aromatic heterocycles. The van der Waals surface area contributed by atoms with Crippen LogP contribution in [0.3, 0.4) is 0 Å². The van der Waals surface area contributed by atoms with E-state index in [0.29, 0.717) is 15.8 Å². The zero-order valence-electron chi connectivity index (χ0n) is 7.46. The Labute approximate surface area is 91.7 Å². The molecule has 0 radical (unpaired) electrons. The van der Waals surface area contributed by atoms with Gasteiger partial charge in [-0.05, 0) is 19.1 Å². The molecule has 14 heavy (non-hydrogen) atoms. The van der Waals surface area contributed by atoms with Crippen molar-refractivity contribution in [3.8, 4) is 5.75 Å². The van der Waals surface area contributed by atoms with Gasteiger partial charge in [0.2, 0.25) is 0 Å². The van der Waals surface area contributed by atoms with Crippen molar-refractivity contribution in [3.63, 3.8) is 0 Å². The van der Waals surface area contributed by atoms with E-state index < -0.39 is 12.0 Å². The van der Waals surface area contributed by atoms with Gasteiger partial charge in [0.05, 0.1) is 5.02 Å². The van der Waals surface area contributed by atoms with E-state index in [1.807, 2.05) is 0 Å². The number of nitrogens with two attached hydrogens (primary N) is 1. The van der Waals surface area contributed by atoms with Crippen molar-refractivity contribution in [2.45, 2.75) is 13.0 Å². The number of carbonyl (C=O) groups excluding carboxylic acids is 1. The van der Waals surface area contributed by atoms with Gasteiger partial charge < -0.3 is 10.5 Å². The predicted octanol–water partition coefficient (Wildman–Crippen LogP) is 2.25. The second kappa shape index (κ2) is 4.53. The van der Waals surface area contributed by atoms with Crippen LogP contribution in [0.1, 0.15) is 6.92 Å². The van der Waals surface area contributed by atoms with Gasteiger partial charge in [-0.15, -0.1) is 0 Å². The highest BCUT2D eigenvalue weighted by atomic mass is 35.5. The van der Waals surface area contributed by atoms with Crippen LogP contribution in [0.4, 0.5) is 0 Å². The highest BCUT2D eigenvalue weighted by Gasteiger charge is 2.12. The van der Waals surface area contributed by atoms with E-state index in [4.69, 9.17) is 33.7 Å². The molecule has 1 rings (SSSR count). The van der Waals surface area contributed by atoms with Gasteiger partial charge in [-0.2, -0.15) is 0 Å². The van der Waals surface area contributed by atoms with Crippen LogP contribution >= 0.6 is 23.2 Å². The minimum absolute atomic E-state index is 0.352. The van der Waals surface area contributed by atoms with Crippen LogP contribution in [0.2, 0.25) is 10.0 Å². The van der Waals surface area contributed by atoms with Gasteiger partial charge in [0.25, 0.3) is 5.91 Å². The number of rotatable bonds is 3. The first-order valence-electron chi connectivity index (χ1n) is 3.91. The Morgan fingerprint density at radius 3 is 2.71 bits per heavy atom. The zero-order valence-corrected chi connectivity index (χ0v) is 8.97. The van der Waals surface area contributed by atoms with Crippen molar-refractivity contribution in [3.05, 3.63) is 28.2 Å². The third-order valence-electron chi connectivity index (χ3n) is 1.60. The van der Waals surface area contributed by atoms with Crippen LogP contribution in [0.25, 0.3) is 0 Å². The van der Waals surface area contributed by atoms with E-state index in [1.165, 1.54) is 6.07 Å². The molecule has 1 amide bonds. The molecule has 0 heterocycles. The molecule has 0 unspecified atom stereocenters. The Morgan fingerprint density at radius 2 is 2.14 bits per heavy atom. The maximum Gasteiger partial charge on any atom is 0.258 e. The molecule has 0 saturated carbocycles. The SMILES string of the molecule is C[C@@H](Oc1cc(Cl)ccc1Cl)C(N)=O. The highest BCUT2D eigenvalue weighted by molar-refractivity contribution is 6.34. The molecule has 3 nitrogen and oxygen atoms in total. The monoisotopic (exact) mass is 233 g/mol. The Morgan fingerprint density at radius 1 is 1.50 bits per heavy atom. The molecule has 0 saturated heterocycles. The standard InChI is InChI=1S/C9H9Cl2NO2/c1-5(9(12)13)14-8-4-6(10)2-3-7(8)11/h2-5H,1H3,(H2,12,13)/t5-/m1/s1. The third-order valence-corrected chi connectivity index (χ3v) is 2.15. The minimum Gasteiger partial charge on any atom is -0.479 e. The van der Waals surface area contributed by atoms with Gasteiger partial charge in [0.15, 0.2) is 6.10 Å². The van der Waals surface area contributed by atoms with Crippen LogP contribution in [0.15, 0.2) is 18.2 Å². The van der Waals surface area contributed by atoms with E-state index in [0.717, 1.165) is 0 Å². The first-order chi connectivity index (χ1) is 6.50. The van der Waals surface area contributed by atoms with Gasteiger partial charge in [0.1, 0.15) is 5.75 Å². The summed E-state index contributed by atoms with van der Waals surface area (Å²) in [6.07, 6.45) is -0.731. The summed E-state index contributed by atoms with van der Waals surface area (Å²) in [6, 6.07) is 4.75. The van der Waals surface area contributed by atoms with E-state index in [2.05, 4.69) is 0 Å². The summed E-state index contributed by atoms with van der Waals surface area (Å²) < 4.78 is 5.20. The molecule has 0 fully saturated rings. The molecule has 2 N–H and O–H groups in total. The van der Waals surface area contributed by atoms with Crippen LogP contribution in [-0.4, -0.2) is 12.0 Å². The fraction of sp³-hybridized carbons (Fsp3) is 0.222. The van der Waals surface area contributed by atoms with Crippen LogP contribution in [-0.2, 0) is 4.79 Å². The third kappa shape index (κ3) is 2.79. The number of hydrogen-bond acceptors (Lipinski definition) is 2. The average molecular weight is 234 g/mol. The number of hydrogen-bond donors (Lipinski definition) is 1. The largest absolute Gasteiger partial charge is 0.479 e. The minimum atomic E-state index is -0.731. The molecule has 0 aliphatic rings. The van der Waals surface area contributed by atoms with Crippen molar-refractivity contribution >= 4 is 29.1 Å². The van der Waals surface area contributed by atoms with Gasteiger partial charge >= 0.3 is 0 Å². The lowest BCUT2D eigenvalue weighted by atomic mass is 10.3. The highest BCUT2D eigenvalue weighted by Crippen LogP contribution is 2.28. The molecular weight excluding hydrogens is 225 g/mol. The number of primary amides is 1. The molecule has 0 aliphatic carbocycles. The summed E-state index contributed by atoms with van der Waals surface area (Å²) in [5, 5.41) is 0.878. The molecule has 76 valence electrons. The smallest absolute Gasteiger partial charge is 0.258 e. The molecule has 5 heteroatoms. The lowest BCUT2D eigenvalue weighted by molar-refractivity contribution is -0.123. The Hall–Kier alpha value is -0.930. The lowest BCUT2D eigenvalue weighted by Crippen LogP contribution is -2.30. The Balaban J connectivity index is 2.85. The molecule has 1 aromatic rings. The molecule has 0 bridgehead atoms. The molecule has 0 spiro atoms. The molecule has 1 aromatic carbocycles. The number of benzene rings is 1. The summed E-state index contributed by atoms with van der Waals surface area (Å²) in [5.74, 6) is -0.202. The number of carbonyl (C=O) groups is 1. The number of amides is 1. The van der Waals surface area contributed by atoms with Crippen LogP contribution < -0.4 is 10.5 Å². The lowest BCUT2D eigenvalue weighted by Gasteiger charge is -2.12.